The minimum absolute atomic E-state index is 0.103. The fourth-order valence-corrected chi connectivity index (χ4v) is 3.90. The summed E-state index contributed by atoms with van der Waals surface area (Å²) < 4.78 is 31.3. The summed E-state index contributed by atoms with van der Waals surface area (Å²) in [5.41, 5.74) is 1.98. The standard InChI is InChI=1S/C19H27N3O3S/c1-14(2)18-17(15-8-5-4-6-9-15)21-19(25-18)16-10-7-12-22(16)13-11-20-26(3,23)24/h4-6,8-9,14,16,20H,7,10-13H2,1-3H3. The summed E-state index contributed by atoms with van der Waals surface area (Å²) in [7, 11) is -3.16. The SMILES string of the molecule is CC(C)c1oc(C2CCCN2CCNS(C)(=O)=O)nc1-c1ccccc1. The molecular weight excluding hydrogens is 350 g/mol. The summed E-state index contributed by atoms with van der Waals surface area (Å²) in [6.07, 6.45) is 3.22. The molecule has 1 atom stereocenters. The Labute approximate surface area is 155 Å². The Morgan fingerprint density at radius 2 is 2.04 bits per heavy atom. The fourth-order valence-electron chi connectivity index (χ4n) is 3.43. The Kier molecular flexibility index (Phi) is 5.79. The zero-order valence-corrected chi connectivity index (χ0v) is 16.4. The molecule has 6 nitrogen and oxygen atoms in total. The molecule has 0 radical (unpaired) electrons. The average molecular weight is 378 g/mol. The maximum Gasteiger partial charge on any atom is 0.212 e. The molecule has 2 aromatic rings. The number of nitrogens with one attached hydrogen (secondary N) is 1. The number of sulfonamides is 1. The number of rotatable bonds is 7. The van der Waals surface area contributed by atoms with E-state index >= 15 is 0 Å². The lowest BCUT2D eigenvalue weighted by Crippen LogP contribution is -2.34. The monoisotopic (exact) mass is 377 g/mol. The molecule has 1 aromatic heterocycles. The van der Waals surface area contributed by atoms with E-state index in [-0.39, 0.29) is 12.0 Å². The number of aromatic nitrogens is 1. The molecule has 3 rings (SSSR count). The average Bonchev–Trinajstić information content (AvgIpc) is 3.21. The van der Waals surface area contributed by atoms with Crippen molar-refractivity contribution in [2.24, 2.45) is 0 Å². The van der Waals surface area contributed by atoms with Gasteiger partial charge in [-0.2, -0.15) is 0 Å². The molecule has 2 heterocycles. The maximum atomic E-state index is 11.3. The van der Waals surface area contributed by atoms with Gasteiger partial charge in [-0.15, -0.1) is 0 Å². The molecule has 1 aliphatic rings. The molecule has 1 fully saturated rings. The van der Waals surface area contributed by atoms with E-state index in [1.807, 2.05) is 18.2 Å². The van der Waals surface area contributed by atoms with Crippen molar-refractivity contribution in [3.8, 4) is 11.3 Å². The third-order valence-corrected chi connectivity index (χ3v) is 5.38. The van der Waals surface area contributed by atoms with E-state index in [4.69, 9.17) is 9.40 Å². The number of hydrogen-bond acceptors (Lipinski definition) is 5. The number of likely N-dealkylation sites (tertiary alicyclic amines) is 1. The van der Waals surface area contributed by atoms with Gasteiger partial charge in [0.05, 0.1) is 12.3 Å². The minimum Gasteiger partial charge on any atom is -0.443 e. The predicted molar refractivity (Wildman–Crippen MR) is 102 cm³/mol. The van der Waals surface area contributed by atoms with Crippen LogP contribution in [0.1, 0.15) is 50.3 Å². The lowest BCUT2D eigenvalue weighted by molar-refractivity contribution is 0.222. The molecule has 0 saturated carbocycles. The third kappa shape index (κ3) is 4.52. The van der Waals surface area contributed by atoms with Crippen molar-refractivity contribution in [1.82, 2.24) is 14.6 Å². The van der Waals surface area contributed by atoms with Gasteiger partial charge in [-0.1, -0.05) is 44.2 Å². The first-order valence-corrected chi connectivity index (χ1v) is 11.0. The highest BCUT2D eigenvalue weighted by Crippen LogP contribution is 2.36. The minimum atomic E-state index is -3.16. The molecule has 1 aromatic carbocycles. The van der Waals surface area contributed by atoms with Gasteiger partial charge in [0.1, 0.15) is 11.5 Å². The van der Waals surface area contributed by atoms with Crippen LogP contribution in [0.5, 0.6) is 0 Å². The van der Waals surface area contributed by atoms with Crippen molar-refractivity contribution >= 4 is 10.0 Å². The molecule has 1 saturated heterocycles. The van der Waals surface area contributed by atoms with Gasteiger partial charge in [0.25, 0.3) is 0 Å². The highest BCUT2D eigenvalue weighted by Gasteiger charge is 2.31. The zero-order chi connectivity index (χ0) is 18.7. The van der Waals surface area contributed by atoms with Crippen molar-refractivity contribution in [2.75, 3.05) is 25.9 Å². The van der Waals surface area contributed by atoms with Crippen LogP contribution in [0.15, 0.2) is 34.7 Å². The smallest absolute Gasteiger partial charge is 0.212 e. The first-order chi connectivity index (χ1) is 12.3. The molecule has 142 valence electrons. The number of hydrogen-bond donors (Lipinski definition) is 1. The Morgan fingerprint density at radius 1 is 1.31 bits per heavy atom. The summed E-state index contributed by atoms with van der Waals surface area (Å²) in [5.74, 6) is 1.89. The predicted octanol–water partition coefficient (Wildman–Crippen LogP) is 3.15. The van der Waals surface area contributed by atoms with Gasteiger partial charge >= 0.3 is 0 Å². The van der Waals surface area contributed by atoms with Crippen LogP contribution in [0.4, 0.5) is 0 Å². The summed E-state index contributed by atoms with van der Waals surface area (Å²) in [6.45, 7) is 6.20. The first kappa shape index (κ1) is 19.1. The number of nitrogens with zero attached hydrogens (tertiary/aromatic N) is 2. The lowest BCUT2D eigenvalue weighted by atomic mass is 10.0. The molecule has 0 bridgehead atoms. The second kappa shape index (κ2) is 7.90. The fraction of sp³-hybridized carbons (Fsp3) is 0.526. The lowest BCUT2D eigenvalue weighted by Gasteiger charge is -2.21. The molecule has 0 amide bonds. The summed E-state index contributed by atoms with van der Waals surface area (Å²) in [5, 5.41) is 0. The molecular formula is C19H27N3O3S. The van der Waals surface area contributed by atoms with Crippen molar-refractivity contribution in [2.45, 2.75) is 38.6 Å². The molecule has 1 unspecified atom stereocenters. The van der Waals surface area contributed by atoms with Crippen molar-refractivity contribution in [3.63, 3.8) is 0 Å². The second-order valence-electron chi connectivity index (χ2n) is 7.15. The summed E-state index contributed by atoms with van der Waals surface area (Å²) in [4.78, 5) is 7.10. The van der Waals surface area contributed by atoms with Gasteiger partial charge in [0.2, 0.25) is 15.9 Å². The van der Waals surface area contributed by atoms with Gasteiger partial charge in [0.15, 0.2) is 0 Å². The maximum absolute atomic E-state index is 11.3. The zero-order valence-electron chi connectivity index (χ0n) is 15.6. The molecule has 0 spiro atoms. The normalized spacial score (nSPS) is 18.7. The van der Waals surface area contributed by atoms with Gasteiger partial charge < -0.3 is 4.42 Å². The van der Waals surface area contributed by atoms with Crippen LogP contribution in [0.3, 0.4) is 0 Å². The van der Waals surface area contributed by atoms with Crippen LogP contribution >= 0.6 is 0 Å². The summed E-state index contributed by atoms with van der Waals surface area (Å²) in [6, 6.07) is 10.2. The van der Waals surface area contributed by atoms with E-state index in [1.54, 1.807) is 0 Å². The molecule has 1 N–H and O–H groups in total. The Bertz CT molecular complexity index is 831. The largest absolute Gasteiger partial charge is 0.443 e. The second-order valence-corrected chi connectivity index (χ2v) is 8.98. The van der Waals surface area contributed by atoms with E-state index in [0.29, 0.717) is 13.1 Å². The van der Waals surface area contributed by atoms with Crippen LogP contribution in [0, 0.1) is 0 Å². The Hall–Kier alpha value is -1.70. The topological polar surface area (TPSA) is 75.4 Å². The van der Waals surface area contributed by atoms with E-state index in [1.165, 1.54) is 6.26 Å². The van der Waals surface area contributed by atoms with E-state index in [9.17, 15) is 8.42 Å². The van der Waals surface area contributed by atoms with Crippen LogP contribution < -0.4 is 4.72 Å². The molecule has 0 aliphatic carbocycles. The first-order valence-electron chi connectivity index (χ1n) is 9.10. The van der Waals surface area contributed by atoms with E-state index < -0.39 is 10.0 Å². The van der Waals surface area contributed by atoms with Crippen LogP contribution in [0.25, 0.3) is 11.3 Å². The highest BCUT2D eigenvalue weighted by molar-refractivity contribution is 7.88. The van der Waals surface area contributed by atoms with Gasteiger partial charge in [-0.3, -0.25) is 4.90 Å². The van der Waals surface area contributed by atoms with Crippen molar-refractivity contribution < 1.29 is 12.8 Å². The van der Waals surface area contributed by atoms with E-state index in [0.717, 1.165) is 42.3 Å². The van der Waals surface area contributed by atoms with Crippen molar-refractivity contribution in [1.29, 1.82) is 0 Å². The number of benzene rings is 1. The molecule has 7 heteroatoms. The molecule has 26 heavy (non-hydrogen) atoms. The molecule has 1 aliphatic heterocycles. The third-order valence-electron chi connectivity index (χ3n) is 4.65. The Morgan fingerprint density at radius 3 is 2.69 bits per heavy atom. The van der Waals surface area contributed by atoms with Gasteiger partial charge in [0, 0.05) is 24.6 Å². The highest BCUT2D eigenvalue weighted by atomic mass is 32.2. The van der Waals surface area contributed by atoms with Crippen LogP contribution in [-0.2, 0) is 10.0 Å². The Balaban J connectivity index is 1.82. The van der Waals surface area contributed by atoms with Crippen molar-refractivity contribution in [3.05, 3.63) is 42.0 Å². The van der Waals surface area contributed by atoms with Crippen LogP contribution in [-0.4, -0.2) is 44.2 Å². The number of oxazole rings is 1. The van der Waals surface area contributed by atoms with Crippen LogP contribution in [0.2, 0.25) is 0 Å². The van der Waals surface area contributed by atoms with E-state index in [2.05, 4.69) is 35.6 Å². The van der Waals surface area contributed by atoms with Gasteiger partial charge in [-0.25, -0.2) is 18.1 Å². The van der Waals surface area contributed by atoms with Gasteiger partial charge in [-0.05, 0) is 19.4 Å². The summed E-state index contributed by atoms with van der Waals surface area (Å²) >= 11 is 0. The quantitative estimate of drug-likeness (QED) is 0.802.